The number of hydrogen-bond donors (Lipinski definition) is 2. The summed E-state index contributed by atoms with van der Waals surface area (Å²) in [5, 5.41) is 2.53. The molecule has 0 rings (SSSR count). The summed E-state index contributed by atoms with van der Waals surface area (Å²) in [6, 6.07) is 0. The zero-order valence-electron chi connectivity index (χ0n) is 6.42. The van der Waals surface area contributed by atoms with E-state index < -0.39 is 0 Å². The molecule has 0 unspecified atom stereocenters. The van der Waals surface area contributed by atoms with Crippen molar-refractivity contribution in [1.82, 2.24) is 5.32 Å². The Morgan fingerprint density at radius 1 is 1.73 bits per heavy atom. The van der Waals surface area contributed by atoms with E-state index in [9.17, 15) is 4.79 Å². The molecule has 0 atom stereocenters. The molecule has 5 heteroatoms. The smallest absolute Gasteiger partial charge is 0.229 e. The summed E-state index contributed by atoms with van der Waals surface area (Å²) in [6.45, 7) is 0. The van der Waals surface area contributed by atoms with Crippen molar-refractivity contribution in [2.75, 3.05) is 18.6 Å². The van der Waals surface area contributed by atoms with E-state index in [0.29, 0.717) is 17.2 Å². The van der Waals surface area contributed by atoms with Gasteiger partial charge in [-0.05, 0) is 0 Å². The van der Waals surface area contributed by atoms with Crippen LogP contribution in [0.15, 0.2) is 0 Å². The Morgan fingerprint density at radius 3 is 2.82 bits per heavy atom. The highest BCUT2D eigenvalue weighted by molar-refractivity contribution is 8.00. The third-order valence-corrected chi connectivity index (χ3v) is 2.17. The number of rotatable bonds is 5. The molecule has 0 aromatic carbocycles. The third-order valence-electron chi connectivity index (χ3n) is 1.00. The Hall–Kier alpha value is -0.290. The largest absolute Gasteiger partial charge is 0.393 e. The van der Waals surface area contributed by atoms with Gasteiger partial charge in [0.05, 0.1) is 10.7 Å². The lowest BCUT2D eigenvalue weighted by molar-refractivity contribution is -0.118. The second kappa shape index (κ2) is 6.42. The van der Waals surface area contributed by atoms with E-state index >= 15 is 0 Å². The minimum atomic E-state index is 0.0398. The van der Waals surface area contributed by atoms with E-state index in [4.69, 9.17) is 5.73 Å². The Bertz CT molecular complexity index is 150. The van der Waals surface area contributed by atoms with E-state index in [0.717, 1.165) is 5.75 Å². The minimum Gasteiger partial charge on any atom is -0.393 e. The molecule has 64 valence electrons. The van der Waals surface area contributed by atoms with Crippen molar-refractivity contribution < 1.29 is 4.79 Å². The maximum absolute atomic E-state index is 10.7. The fourth-order valence-electron chi connectivity index (χ4n) is 0.410. The molecule has 1 amide bonds. The van der Waals surface area contributed by atoms with Crippen LogP contribution in [-0.4, -0.2) is 29.4 Å². The standard InChI is InChI=1S/C6H12N2OS2/c1-8-6(9)4-11-3-2-5(7)10/h2-4H2,1H3,(H2,7,10)(H,8,9). The summed E-state index contributed by atoms with van der Waals surface area (Å²) >= 11 is 6.20. The van der Waals surface area contributed by atoms with Gasteiger partial charge < -0.3 is 11.1 Å². The number of nitrogens with two attached hydrogens (primary N) is 1. The summed E-state index contributed by atoms with van der Waals surface area (Å²) < 4.78 is 0. The van der Waals surface area contributed by atoms with Crippen molar-refractivity contribution >= 4 is 34.9 Å². The Morgan fingerprint density at radius 2 is 2.36 bits per heavy atom. The molecular formula is C6H12N2OS2. The van der Waals surface area contributed by atoms with Gasteiger partial charge >= 0.3 is 0 Å². The molecule has 11 heavy (non-hydrogen) atoms. The third kappa shape index (κ3) is 7.61. The molecule has 0 heterocycles. The normalized spacial score (nSPS) is 9.18. The summed E-state index contributed by atoms with van der Waals surface area (Å²) in [5.74, 6) is 1.35. The van der Waals surface area contributed by atoms with Gasteiger partial charge in [-0.3, -0.25) is 4.79 Å². The van der Waals surface area contributed by atoms with Crippen LogP contribution in [0.1, 0.15) is 6.42 Å². The van der Waals surface area contributed by atoms with Crippen LogP contribution < -0.4 is 11.1 Å². The summed E-state index contributed by atoms with van der Waals surface area (Å²) in [6.07, 6.45) is 0.705. The van der Waals surface area contributed by atoms with Gasteiger partial charge in [-0.1, -0.05) is 12.2 Å². The van der Waals surface area contributed by atoms with Crippen molar-refractivity contribution in [3.05, 3.63) is 0 Å². The van der Waals surface area contributed by atoms with Crippen LogP contribution >= 0.6 is 24.0 Å². The van der Waals surface area contributed by atoms with E-state index in [1.807, 2.05) is 0 Å². The van der Waals surface area contributed by atoms with Crippen molar-refractivity contribution in [2.45, 2.75) is 6.42 Å². The van der Waals surface area contributed by atoms with Gasteiger partial charge in [-0.25, -0.2) is 0 Å². The Balaban J connectivity index is 3.14. The van der Waals surface area contributed by atoms with Crippen LogP contribution in [0, 0.1) is 0 Å². The summed E-state index contributed by atoms with van der Waals surface area (Å²) in [7, 11) is 1.62. The molecule has 0 aliphatic rings. The van der Waals surface area contributed by atoms with Crippen LogP contribution in [0.3, 0.4) is 0 Å². The van der Waals surface area contributed by atoms with Gasteiger partial charge in [0.15, 0.2) is 0 Å². The van der Waals surface area contributed by atoms with E-state index in [2.05, 4.69) is 17.5 Å². The monoisotopic (exact) mass is 192 g/mol. The van der Waals surface area contributed by atoms with Gasteiger partial charge in [0, 0.05) is 19.2 Å². The molecule has 0 spiro atoms. The highest BCUT2D eigenvalue weighted by atomic mass is 32.2. The quantitative estimate of drug-likeness (QED) is 0.480. The zero-order chi connectivity index (χ0) is 8.69. The highest BCUT2D eigenvalue weighted by Gasteiger charge is 1.97. The average molecular weight is 192 g/mol. The fourth-order valence-corrected chi connectivity index (χ4v) is 1.48. The molecule has 0 aromatic heterocycles. The molecule has 0 aliphatic carbocycles. The molecule has 0 aromatic rings. The molecule has 0 saturated heterocycles. The van der Waals surface area contributed by atoms with Crippen molar-refractivity contribution in [3.8, 4) is 0 Å². The van der Waals surface area contributed by atoms with Gasteiger partial charge in [0.25, 0.3) is 0 Å². The Kier molecular flexibility index (Phi) is 6.25. The van der Waals surface area contributed by atoms with Gasteiger partial charge in [0.2, 0.25) is 5.91 Å². The second-order valence-corrected chi connectivity index (χ2v) is 3.57. The molecular weight excluding hydrogens is 180 g/mol. The first-order valence-corrected chi connectivity index (χ1v) is 4.79. The number of carbonyl (C=O) groups is 1. The number of amides is 1. The van der Waals surface area contributed by atoms with Crippen molar-refractivity contribution in [2.24, 2.45) is 5.73 Å². The Labute approximate surface area is 76.1 Å². The first kappa shape index (κ1) is 10.7. The van der Waals surface area contributed by atoms with Crippen LogP contribution in [-0.2, 0) is 4.79 Å². The molecule has 0 saturated carbocycles. The highest BCUT2D eigenvalue weighted by Crippen LogP contribution is 2.01. The number of thioether (sulfide) groups is 1. The first-order valence-electron chi connectivity index (χ1n) is 3.23. The maximum atomic E-state index is 10.7. The summed E-state index contributed by atoms with van der Waals surface area (Å²) in [5.41, 5.74) is 5.26. The lowest BCUT2D eigenvalue weighted by Gasteiger charge is -1.98. The van der Waals surface area contributed by atoms with Gasteiger partial charge in [-0.2, -0.15) is 11.8 Å². The maximum Gasteiger partial charge on any atom is 0.229 e. The van der Waals surface area contributed by atoms with E-state index in [-0.39, 0.29) is 5.91 Å². The second-order valence-electron chi connectivity index (χ2n) is 1.94. The minimum absolute atomic E-state index is 0.0398. The topological polar surface area (TPSA) is 55.1 Å². The van der Waals surface area contributed by atoms with Crippen LogP contribution in [0.5, 0.6) is 0 Å². The number of hydrogen-bond acceptors (Lipinski definition) is 3. The van der Waals surface area contributed by atoms with Crippen molar-refractivity contribution in [3.63, 3.8) is 0 Å². The van der Waals surface area contributed by atoms with Crippen LogP contribution in [0.2, 0.25) is 0 Å². The molecule has 3 N–H and O–H groups in total. The molecule has 0 fully saturated rings. The van der Waals surface area contributed by atoms with E-state index in [1.165, 1.54) is 11.8 Å². The summed E-state index contributed by atoms with van der Waals surface area (Å²) in [4.78, 5) is 11.2. The average Bonchev–Trinajstić information content (AvgIpc) is 1.97. The number of thiocarbonyl (C=S) groups is 1. The van der Waals surface area contributed by atoms with Crippen LogP contribution in [0.4, 0.5) is 0 Å². The lowest BCUT2D eigenvalue weighted by atomic mass is 10.5. The SMILES string of the molecule is CNC(=O)CSCCC(N)=S. The van der Waals surface area contributed by atoms with Gasteiger partial charge in [0.1, 0.15) is 0 Å². The predicted molar refractivity (Wildman–Crippen MR) is 52.8 cm³/mol. The number of carbonyl (C=O) groups excluding carboxylic acids is 1. The van der Waals surface area contributed by atoms with Crippen LogP contribution in [0.25, 0.3) is 0 Å². The zero-order valence-corrected chi connectivity index (χ0v) is 8.06. The molecule has 0 radical (unpaired) electrons. The van der Waals surface area contributed by atoms with Crippen molar-refractivity contribution in [1.29, 1.82) is 0 Å². The molecule has 0 aliphatic heterocycles. The first-order chi connectivity index (χ1) is 5.16. The predicted octanol–water partition coefficient (Wildman–Crippen LogP) is 0.142. The lowest BCUT2D eigenvalue weighted by Crippen LogP contribution is -2.20. The molecule has 0 bridgehead atoms. The van der Waals surface area contributed by atoms with E-state index in [1.54, 1.807) is 7.05 Å². The fraction of sp³-hybridized carbons (Fsp3) is 0.667. The number of nitrogens with one attached hydrogen (secondary N) is 1. The van der Waals surface area contributed by atoms with Gasteiger partial charge in [-0.15, -0.1) is 0 Å². The molecule has 3 nitrogen and oxygen atoms in total.